The molecule has 2 rings (SSSR count). The summed E-state index contributed by atoms with van der Waals surface area (Å²) in [5.74, 6) is -4.91. The number of unbranched alkanes of at least 4 members (excludes halogenated alkanes) is 7. The van der Waals surface area contributed by atoms with Gasteiger partial charge >= 0.3 is 5.97 Å². The van der Waals surface area contributed by atoms with Crippen LogP contribution < -0.4 is 27.0 Å². The van der Waals surface area contributed by atoms with Crippen LogP contribution in [-0.4, -0.2) is 102 Å². The molecule has 7 atom stereocenters. The molecule has 0 radical (unpaired) electrons. The molecule has 51 heavy (non-hydrogen) atoms. The number of nitrogens with zero attached hydrogens (tertiary/aromatic N) is 1. The van der Waals surface area contributed by atoms with Crippen molar-refractivity contribution in [3.8, 4) is 0 Å². The fraction of sp³-hybridized carbons (Fsp3) is 0.838. The standard InChI is InChI=1S/C37H66N6O8/c1-7-8-9-10-11-12-13-14-19-29-24(4)37(50)43(6)28(20-23(2)3)34(47)42-32(26-17-15-16-18-26)36(49)40-27(21-38)33(46)41-31(25(5)44)35(48)39-22-30(45)51-29/h23-29,31-32,44H,7-22,38H2,1-6H3,(H,39,48)(H,40,49)(H,41,46)(H,42,47)/t24-,25+,27+,28+,29-,31+,32+/m1/s1. The Morgan fingerprint density at radius 2 is 1.45 bits per heavy atom. The van der Waals surface area contributed by atoms with E-state index in [1.165, 1.54) is 31.1 Å². The molecule has 0 spiro atoms. The average molecular weight is 723 g/mol. The third kappa shape index (κ3) is 14.4. The fourth-order valence-electron chi connectivity index (χ4n) is 6.98. The Morgan fingerprint density at radius 3 is 2.02 bits per heavy atom. The molecule has 5 amide bonds. The van der Waals surface area contributed by atoms with Crippen molar-refractivity contribution in [3.63, 3.8) is 0 Å². The number of ether oxygens (including phenoxy) is 1. The molecular weight excluding hydrogens is 656 g/mol. The lowest BCUT2D eigenvalue weighted by Crippen LogP contribution is -2.62. The van der Waals surface area contributed by atoms with E-state index in [9.17, 15) is 33.9 Å². The monoisotopic (exact) mass is 722 g/mol. The predicted octanol–water partition coefficient (Wildman–Crippen LogP) is 2.05. The van der Waals surface area contributed by atoms with Crippen molar-refractivity contribution < 1.29 is 38.6 Å². The van der Waals surface area contributed by atoms with Crippen molar-refractivity contribution in [2.24, 2.45) is 23.5 Å². The van der Waals surface area contributed by atoms with Crippen LogP contribution in [0.15, 0.2) is 0 Å². The number of hydrogen-bond donors (Lipinski definition) is 6. The summed E-state index contributed by atoms with van der Waals surface area (Å²) in [6, 6.07) is -4.67. The first kappa shape index (κ1) is 43.9. The normalized spacial score (nSPS) is 27.5. The van der Waals surface area contributed by atoms with Crippen molar-refractivity contribution in [2.45, 2.75) is 161 Å². The summed E-state index contributed by atoms with van der Waals surface area (Å²) in [6.45, 7) is 8.14. The van der Waals surface area contributed by atoms with Gasteiger partial charge < -0.3 is 41.7 Å². The maximum Gasteiger partial charge on any atom is 0.325 e. The van der Waals surface area contributed by atoms with Crippen molar-refractivity contribution in [1.29, 1.82) is 0 Å². The van der Waals surface area contributed by atoms with Gasteiger partial charge in [0.15, 0.2) is 0 Å². The largest absolute Gasteiger partial charge is 0.460 e. The Hall–Kier alpha value is -3.26. The predicted molar refractivity (Wildman–Crippen MR) is 194 cm³/mol. The highest BCUT2D eigenvalue weighted by Gasteiger charge is 2.40. The van der Waals surface area contributed by atoms with Gasteiger partial charge in [-0.05, 0) is 50.9 Å². The second-order valence-electron chi connectivity index (χ2n) is 14.9. The first-order valence-electron chi connectivity index (χ1n) is 19.2. The van der Waals surface area contributed by atoms with Crippen LogP contribution in [0.1, 0.15) is 125 Å². The van der Waals surface area contributed by atoms with Gasteiger partial charge in [0.2, 0.25) is 29.5 Å². The van der Waals surface area contributed by atoms with E-state index >= 15 is 0 Å². The number of esters is 1. The number of amides is 5. The minimum absolute atomic E-state index is 0.0217. The molecule has 292 valence electrons. The zero-order valence-electron chi connectivity index (χ0n) is 31.8. The highest BCUT2D eigenvalue weighted by atomic mass is 16.5. The Labute approximate surface area is 304 Å². The molecule has 2 fully saturated rings. The number of nitrogens with one attached hydrogen (secondary N) is 4. The second kappa shape index (κ2) is 22.6. The summed E-state index contributed by atoms with van der Waals surface area (Å²) in [4.78, 5) is 82.8. The number of carbonyl (C=O) groups is 6. The Morgan fingerprint density at radius 1 is 0.843 bits per heavy atom. The minimum Gasteiger partial charge on any atom is -0.460 e. The van der Waals surface area contributed by atoms with E-state index in [4.69, 9.17) is 10.5 Å². The lowest BCUT2D eigenvalue weighted by molar-refractivity contribution is -0.157. The average Bonchev–Trinajstić information content (AvgIpc) is 3.63. The topological polar surface area (TPSA) is 209 Å². The van der Waals surface area contributed by atoms with E-state index < -0.39 is 78.4 Å². The lowest BCUT2D eigenvalue weighted by atomic mass is 9.93. The van der Waals surface area contributed by atoms with Gasteiger partial charge in [-0.3, -0.25) is 28.8 Å². The zero-order chi connectivity index (χ0) is 38.1. The molecule has 1 aliphatic carbocycles. The SMILES string of the molecule is CCCCCCCCCC[C@H]1OC(=O)CNC(=O)[C@H]([C@H](C)O)NC(=O)[C@H](CN)NC(=O)[C@H](C2CCCC2)NC(=O)[C@H](CC(C)C)N(C)C(=O)[C@@H]1C. The van der Waals surface area contributed by atoms with Crippen LogP contribution in [0.3, 0.4) is 0 Å². The van der Waals surface area contributed by atoms with Crippen LogP contribution in [0, 0.1) is 17.8 Å². The highest BCUT2D eigenvalue weighted by Crippen LogP contribution is 2.29. The smallest absolute Gasteiger partial charge is 0.325 e. The third-order valence-corrected chi connectivity index (χ3v) is 10.2. The summed E-state index contributed by atoms with van der Waals surface area (Å²) in [6.07, 6.45) is 10.2. The maximum atomic E-state index is 14.1. The third-order valence-electron chi connectivity index (χ3n) is 10.2. The molecule has 0 aromatic carbocycles. The van der Waals surface area contributed by atoms with Gasteiger partial charge in [0.1, 0.15) is 36.8 Å². The first-order chi connectivity index (χ1) is 24.2. The molecule has 0 unspecified atom stereocenters. The van der Waals surface area contributed by atoms with E-state index in [0.29, 0.717) is 32.1 Å². The summed E-state index contributed by atoms with van der Waals surface area (Å²) in [7, 11) is 1.55. The zero-order valence-corrected chi connectivity index (χ0v) is 31.8. The van der Waals surface area contributed by atoms with E-state index in [1.54, 1.807) is 14.0 Å². The van der Waals surface area contributed by atoms with Gasteiger partial charge in [-0.1, -0.05) is 85.5 Å². The number of aliphatic hydroxyl groups is 1. The molecule has 1 aliphatic heterocycles. The van der Waals surface area contributed by atoms with Gasteiger partial charge in [0.25, 0.3) is 0 Å². The molecular formula is C37H66N6O8. The number of aliphatic hydroxyl groups excluding tert-OH is 1. The van der Waals surface area contributed by atoms with Gasteiger partial charge in [-0.25, -0.2) is 0 Å². The summed E-state index contributed by atoms with van der Waals surface area (Å²) >= 11 is 0. The van der Waals surface area contributed by atoms with Gasteiger partial charge in [-0.2, -0.15) is 0 Å². The molecule has 0 bridgehead atoms. The first-order valence-corrected chi connectivity index (χ1v) is 19.2. The van der Waals surface area contributed by atoms with Crippen molar-refractivity contribution in [2.75, 3.05) is 20.1 Å². The van der Waals surface area contributed by atoms with Crippen molar-refractivity contribution >= 4 is 35.5 Å². The molecule has 0 aromatic rings. The maximum absolute atomic E-state index is 14.1. The quantitative estimate of drug-likeness (QED) is 0.114. The van der Waals surface area contributed by atoms with Crippen LogP contribution in [-0.2, 0) is 33.5 Å². The van der Waals surface area contributed by atoms with E-state index in [-0.39, 0.29) is 24.3 Å². The van der Waals surface area contributed by atoms with Crippen LogP contribution in [0.2, 0.25) is 0 Å². The summed E-state index contributed by atoms with van der Waals surface area (Å²) < 4.78 is 5.83. The molecule has 2 aliphatic rings. The van der Waals surface area contributed by atoms with Gasteiger partial charge in [0, 0.05) is 13.6 Å². The number of cyclic esters (lactones) is 1. The Bertz CT molecular complexity index is 1140. The Kier molecular flexibility index (Phi) is 19.5. The highest BCUT2D eigenvalue weighted by molar-refractivity contribution is 5.96. The Balaban J connectivity index is 2.45. The molecule has 0 aromatic heterocycles. The molecule has 14 nitrogen and oxygen atoms in total. The lowest BCUT2D eigenvalue weighted by Gasteiger charge is -2.34. The molecule has 1 heterocycles. The number of likely N-dealkylation sites (N-methyl/N-ethyl adjacent to an activating group) is 1. The summed E-state index contributed by atoms with van der Waals surface area (Å²) in [5.41, 5.74) is 5.87. The van der Waals surface area contributed by atoms with Crippen molar-refractivity contribution in [3.05, 3.63) is 0 Å². The van der Waals surface area contributed by atoms with E-state index in [1.807, 2.05) is 13.8 Å². The molecule has 1 saturated carbocycles. The minimum atomic E-state index is -1.47. The van der Waals surface area contributed by atoms with Gasteiger partial charge in [-0.15, -0.1) is 0 Å². The molecule has 1 saturated heterocycles. The number of hydrogen-bond acceptors (Lipinski definition) is 9. The second-order valence-corrected chi connectivity index (χ2v) is 14.9. The summed E-state index contributed by atoms with van der Waals surface area (Å²) in [5, 5.41) is 20.8. The van der Waals surface area contributed by atoms with E-state index in [0.717, 1.165) is 38.5 Å². The van der Waals surface area contributed by atoms with Crippen LogP contribution in [0.5, 0.6) is 0 Å². The van der Waals surface area contributed by atoms with Crippen LogP contribution in [0.4, 0.5) is 0 Å². The molecule has 14 heteroatoms. The molecule has 7 N–H and O–H groups in total. The van der Waals surface area contributed by atoms with Gasteiger partial charge in [0.05, 0.1) is 12.0 Å². The van der Waals surface area contributed by atoms with Crippen LogP contribution in [0.25, 0.3) is 0 Å². The van der Waals surface area contributed by atoms with Crippen molar-refractivity contribution in [1.82, 2.24) is 26.2 Å². The fourth-order valence-corrected chi connectivity index (χ4v) is 6.98. The van der Waals surface area contributed by atoms with Crippen LogP contribution >= 0.6 is 0 Å². The number of carbonyl (C=O) groups excluding carboxylic acids is 6. The van der Waals surface area contributed by atoms with E-state index in [2.05, 4.69) is 28.2 Å². The number of rotatable bonds is 14. The number of nitrogens with two attached hydrogens (primary N) is 1.